The second kappa shape index (κ2) is 7.50. The largest absolute Gasteiger partial charge is 0.388 e. The first-order valence-electron chi connectivity index (χ1n) is 8.62. The van der Waals surface area contributed by atoms with E-state index in [1.165, 1.54) is 0 Å². The lowest BCUT2D eigenvalue weighted by Crippen LogP contribution is -2.38. The van der Waals surface area contributed by atoms with Crippen molar-refractivity contribution in [3.8, 4) is 17.2 Å². The third-order valence-corrected chi connectivity index (χ3v) is 5.01. The van der Waals surface area contributed by atoms with Crippen LogP contribution in [0.4, 0.5) is 0 Å². The van der Waals surface area contributed by atoms with Gasteiger partial charge >= 0.3 is 0 Å². The van der Waals surface area contributed by atoms with Crippen LogP contribution in [0.1, 0.15) is 37.0 Å². The third kappa shape index (κ3) is 3.89. The molecule has 1 heterocycles. The standard InChI is InChI=1S/C21H22N2O2/c1-15(24)23-11-9-19(10-12-23)21(25)18-7-5-17(6-8-18)20-4-2-3-16(13-20)14-22/h2-8,13,19,21,25H,9-12H2,1H3. The minimum absolute atomic E-state index is 0.108. The van der Waals surface area contributed by atoms with Crippen LogP contribution >= 0.6 is 0 Å². The molecular weight excluding hydrogens is 312 g/mol. The van der Waals surface area contributed by atoms with E-state index in [0.29, 0.717) is 5.56 Å². The highest BCUT2D eigenvalue weighted by molar-refractivity contribution is 5.73. The van der Waals surface area contributed by atoms with E-state index in [1.807, 2.05) is 47.4 Å². The summed E-state index contributed by atoms with van der Waals surface area (Å²) in [4.78, 5) is 13.2. The summed E-state index contributed by atoms with van der Waals surface area (Å²) >= 11 is 0. The molecule has 1 aliphatic rings. The van der Waals surface area contributed by atoms with Gasteiger partial charge in [0, 0.05) is 20.0 Å². The topological polar surface area (TPSA) is 64.3 Å². The maximum Gasteiger partial charge on any atom is 0.219 e. The summed E-state index contributed by atoms with van der Waals surface area (Å²) in [6.45, 7) is 3.03. The van der Waals surface area contributed by atoms with Crippen LogP contribution in [0.15, 0.2) is 48.5 Å². The Bertz CT molecular complexity index is 784. The molecule has 0 bridgehead atoms. The first kappa shape index (κ1) is 17.2. The summed E-state index contributed by atoms with van der Waals surface area (Å²) in [6.07, 6.45) is 1.15. The molecule has 0 radical (unpaired) electrons. The fourth-order valence-corrected chi connectivity index (χ4v) is 3.44. The van der Waals surface area contributed by atoms with Gasteiger partial charge in [-0.05, 0) is 47.6 Å². The number of carbonyl (C=O) groups is 1. The lowest BCUT2D eigenvalue weighted by atomic mass is 9.87. The Balaban J connectivity index is 1.70. The van der Waals surface area contributed by atoms with Crippen LogP contribution < -0.4 is 0 Å². The van der Waals surface area contributed by atoms with Crippen molar-refractivity contribution in [3.05, 3.63) is 59.7 Å². The summed E-state index contributed by atoms with van der Waals surface area (Å²) in [5.74, 6) is 0.292. The van der Waals surface area contributed by atoms with Crippen molar-refractivity contribution >= 4 is 5.91 Å². The highest BCUT2D eigenvalue weighted by Gasteiger charge is 2.27. The van der Waals surface area contributed by atoms with Crippen molar-refractivity contribution in [3.63, 3.8) is 0 Å². The first-order valence-corrected chi connectivity index (χ1v) is 8.62. The normalized spacial score (nSPS) is 16.3. The van der Waals surface area contributed by atoms with Crippen LogP contribution in [0.25, 0.3) is 11.1 Å². The lowest BCUT2D eigenvalue weighted by Gasteiger charge is -2.33. The molecule has 2 aromatic rings. The zero-order valence-electron chi connectivity index (χ0n) is 14.4. The van der Waals surface area contributed by atoms with Gasteiger partial charge in [-0.3, -0.25) is 4.79 Å². The zero-order chi connectivity index (χ0) is 17.8. The van der Waals surface area contributed by atoms with E-state index in [-0.39, 0.29) is 11.8 Å². The highest BCUT2D eigenvalue weighted by atomic mass is 16.3. The average molecular weight is 334 g/mol. The predicted octanol–water partition coefficient (Wildman–Crippen LogP) is 3.52. The van der Waals surface area contributed by atoms with Gasteiger partial charge in [0.15, 0.2) is 0 Å². The van der Waals surface area contributed by atoms with Crippen molar-refractivity contribution in [1.29, 1.82) is 5.26 Å². The van der Waals surface area contributed by atoms with Crippen molar-refractivity contribution in [2.24, 2.45) is 5.92 Å². The summed E-state index contributed by atoms with van der Waals surface area (Å²) in [5.41, 5.74) is 3.56. The van der Waals surface area contributed by atoms with Gasteiger partial charge < -0.3 is 10.0 Å². The van der Waals surface area contributed by atoms with Gasteiger partial charge in [0.05, 0.1) is 17.7 Å². The smallest absolute Gasteiger partial charge is 0.219 e. The van der Waals surface area contributed by atoms with Gasteiger partial charge in [-0.25, -0.2) is 0 Å². The number of aliphatic hydroxyl groups excluding tert-OH is 1. The molecule has 1 amide bonds. The molecule has 25 heavy (non-hydrogen) atoms. The number of hydrogen-bond acceptors (Lipinski definition) is 3. The van der Waals surface area contributed by atoms with Gasteiger partial charge in [-0.15, -0.1) is 0 Å². The number of piperidine rings is 1. The van der Waals surface area contributed by atoms with E-state index in [2.05, 4.69) is 6.07 Å². The van der Waals surface area contributed by atoms with Gasteiger partial charge in [-0.2, -0.15) is 5.26 Å². The molecular formula is C21H22N2O2. The summed E-state index contributed by atoms with van der Waals surface area (Å²) in [5, 5.41) is 19.7. The monoisotopic (exact) mass is 334 g/mol. The van der Waals surface area contributed by atoms with E-state index in [1.54, 1.807) is 13.0 Å². The van der Waals surface area contributed by atoms with Gasteiger partial charge in [0.1, 0.15) is 0 Å². The summed E-state index contributed by atoms with van der Waals surface area (Å²) < 4.78 is 0. The van der Waals surface area contributed by atoms with Crippen LogP contribution in [-0.4, -0.2) is 29.0 Å². The molecule has 1 aliphatic heterocycles. The molecule has 1 N–H and O–H groups in total. The molecule has 4 heteroatoms. The maximum absolute atomic E-state index is 11.4. The lowest BCUT2D eigenvalue weighted by molar-refractivity contribution is -0.130. The number of nitriles is 1. The number of carbonyl (C=O) groups excluding carboxylic acids is 1. The summed E-state index contributed by atoms with van der Waals surface area (Å²) in [6, 6.07) is 17.5. The second-order valence-electron chi connectivity index (χ2n) is 6.60. The molecule has 1 saturated heterocycles. The molecule has 0 saturated carbocycles. The number of rotatable bonds is 3. The molecule has 1 atom stereocenters. The maximum atomic E-state index is 11.4. The number of hydrogen-bond donors (Lipinski definition) is 1. The minimum atomic E-state index is -0.506. The first-order chi connectivity index (χ1) is 12.1. The molecule has 0 spiro atoms. The quantitative estimate of drug-likeness (QED) is 0.934. The van der Waals surface area contributed by atoms with Crippen molar-refractivity contribution in [2.75, 3.05) is 13.1 Å². The van der Waals surface area contributed by atoms with Crippen molar-refractivity contribution in [1.82, 2.24) is 4.90 Å². The Morgan fingerprint density at radius 2 is 1.84 bits per heavy atom. The zero-order valence-corrected chi connectivity index (χ0v) is 14.4. The average Bonchev–Trinajstić information content (AvgIpc) is 2.67. The van der Waals surface area contributed by atoms with E-state index in [9.17, 15) is 9.90 Å². The number of amides is 1. The van der Waals surface area contributed by atoms with E-state index in [4.69, 9.17) is 5.26 Å². The van der Waals surface area contributed by atoms with Crippen molar-refractivity contribution in [2.45, 2.75) is 25.9 Å². The molecule has 2 aromatic carbocycles. The van der Waals surface area contributed by atoms with Crippen LogP contribution in [0.3, 0.4) is 0 Å². The number of likely N-dealkylation sites (tertiary alicyclic amines) is 1. The van der Waals surface area contributed by atoms with Gasteiger partial charge in [0.25, 0.3) is 0 Å². The Kier molecular flexibility index (Phi) is 5.16. The number of nitrogens with zero attached hydrogens (tertiary/aromatic N) is 2. The summed E-state index contributed by atoms with van der Waals surface area (Å²) in [7, 11) is 0. The molecule has 128 valence electrons. The molecule has 0 aliphatic carbocycles. The molecule has 1 fully saturated rings. The fourth-order valence-electron chi connectivity index (χ4n) is 3.44. The van der Waals surface area contributed by atoms with E-state index in [0.717, 1.165) is 42.6 Å². The molecule has 0 aromatic heterocycles. The van der Waals surface area contributed by atoms with Crippen molar-refractivity contribution < 1.29 is 9.90 Å². The third-order valence-electron chi connectivity index (χ3n) is 5.01. The van der Waals surface area contributed by atoms with Gasteiger partial charge in [-0.1, -0.05) is 36.4 Å². The number of benzene rings is 2. The Morgan fingerprint density at radius 1 is 1.16 bits per heavy atom. The molecule has 3 rings (SSSR count). The van der Waals surface area contributed by atoms with Gasteiger partial charge in [0.2, 0.25) is 5.91 Å². The van der Waals surface area contributed by atoms with E-state index < -0.39 is 6.10 Å². The van der Waals surface area contributed by atoms with Crippen LogP contribution in [-0.2, 0) is 4.79 Å². The molecule has 4 nitrogen and oxygen atoms in total. The Hall–Kier alpha value is -2.64. The minimum Gasteiger partial charge on any atom is -0.388 e. The van der Waals surface area contributed by atoms with Crippen LogP contribution in [0, 0.1) is 17.2 Å². The van der Waals surface area contributed by atoms with Crippen LogP contribution in [0.5, 0.6) is 0 Å². The van der Waals surface area contributed by atoms with E-state index >= 15 is 0 Å². The SMILES string of the molecule is CC(=O)N1CCC(C(O)c2ccc(-c3cccc(C#N)c3)cc2)CC1. The molecule has 1 unspecified atom stereocenters. The highest BCUT2D eigenvalue weighted by Crippen LogP contribution is 2.32. The van der Waals surface area contributed by atoms with Crippen LogP contribution in [0.2, 0.25) is 0 Å². The Labute approximate surface area is 148 Å². The number of aliphatic hydroxyl groups is 1. The fraction of sp³-hybridized carbons (Fsp3) is 0.333. The second-order valence-corrected chi connectivity index (χ2v) is 6.60. The predicted molar refractivity (Wildman–Crippen MR) is 96.5 cm³/mol. The Morgan fingerprint density at radius 3 is 2.44 bits per heavy atom.